The van der Waals surface area contributed by atoms with Gasteiger partial charge < -0.3 is 4.90 Å². The van der Waals surface area contributed by atoms with E-state index in [9.17, 15) is 4.39 Å². The largest absolute Gasteiger partial charge is 0.353 e. The summed E-state index contributed by atoms with van der Waals surface area (Å²) in [5.41, 5.74) is 2.02. The summed E-state index contributed by atoms with van der Waals surface area (Å²) in [5, 5.41) is 3.38. The molecule has 0 N–H and O–H groups in total. The van der Waals surface area contributed by atoms with Crippen LogP contribution in [-0.4, -0.2) is 22.6 Å². The zero-order valence-corrected chi connectivity index (χ0v) is 15.6. The second-order valence-corrected chi connectivity index (χ2v) is 7.60. The predicted molar refractivity (Wildman–Crippen MR) is 103 cm³/mol. The summed E-state index contributed by atoms with van der Waals surface area (Å²) in [7, 11) is 0. The van der Waals surface area contributed by atoms with Gasteiger partial charge in [-0.25, -0.2) is 9.37 Å². The molecular weight excluding hydrogens is 357 g/mol. The maximum atomic E-state index is 13.3. The Bertz CT molecular complexity index is 894. The second-order valence-electron chi connectivity index (χ2n) is 6.40. The molecule has 0 aliphatic carbocycles. The molecule has 1 fully saturated rings. The van der Waals surface area contributed by atoms with Crippen molar-refractivity contribution in [2.24, 2.45) is 0 Å². The van der Waals surface area contributed by atoms with Gasteiger partial charge >= 0.3 is 0 Å². The molecule has 3 heterocycles. The Morgan fingerprint density at radius 3 is 2.80 bits per heavy atom. The summed E-state index contributed by atoms with van der Waals surface area (Å²) in [6, 6.07) is 7.07. The SMILES string of the molecule is CCC1CCCCN1c1nc(Cl)nc2scc(-c3ccc(F)cc3)c12. The fourth-order valence-corrected chi connectivity index (χ4v) is 4.81. The summed E-state index contributed by atoms with van der Waals surface area (Å²) in [4.78, 5) is 12.3. The van der Waals surface area contributed by atoms with E-state index in [0.29, 0.717) is 6.04 Å². The number of benzene rings is 1. The number of rotatable bonds is 3. The summed E-state index contributed by atoms with van der Waals surface area (Å²) in [5.74, 6) is 0.687. The first kappa shape index (κ1) is 16.7. The average molecular weight is 376 g/mol. The molecule has 2 aromatic heterocycles. The van der Waals surface area contributed by atoms with E-state index in [2.05, 4.69) is 27.2 Å². The van der Waals surface area contributed by atoms with Gasteiger partial charge in [0.2, 0.25) is 5.28 Å². The molecule has 0 bridgehead atoms. The average Bonchev–Trinajstić information content (AvgIpc) is 3.05. The lowest BCUT2D eigenvalue weighted by atomic mass is 9.99. The minimum Gasteiger partial charge on any atom is -0.353 e. The van der Waals surface area contributed by atoms with Gasteiger partial charge in [-0.3, -0.25) is 0 Å². The van der Waals surface area contributed by atoms with Crippen LogP contribution in [0.4, 0.5) is 10.2 Å². The normalized spacial score (nSPS) is 18.0. The molecule has 130 valence electrons. The highest BCUT2D eigenvalue weighted by Crippen LogP contribution is 2.40. The van der Waals surface area contributed by atoms with Crippen molar-refractivity contribution < 1.29 is 4.39 Å². The van der Waals surface area contributed by atoms with Gasteiger partial charge in [0, 0.05) is 23.5 Å². The molecular formula is C19H19ClFN3S. The van der Waals surface area contributed by atoms with Gasteiger partial charge in [-0.2, -0.15) is 4.98 Å². The Labute approximate surface area is 155 Å². The number of anilines is 1. The Morgan fingerprint density at radius 1 is 1.24 bits per heavy atom. The van der Waals surface area contributed by atoms with Gasteiger partial charge in [0.1, 0.15) is 16.5 Å². The van der Waals surface area contributed by atoms with Crippen molar-refractivity contribution in [1.82, 2.24) is 9.97 Å². The van der Waals surface area contributed by atoms with E-state index in [0.717, 1.165) is 46.5 Å². The maximum Gasteiger partial charge on any atom is 0.225 e. The highest BCUT2D eigenvalue weighted by Gasteiger charge is 2.26. The Hall–Kier alpha value is -1.72. The molecule has 1 aliphatic rings. The predicted octanol–water partition coefficient (Wildman–Crippen LogP) is 5.92. The summed E-state index contributed by atoms with van der Waals surface area (Å²) in [6.45, 7) is 3.21. The molecule has 1 aromatic carbocycles. The van der Waals surface area contributed by atoms with Crippen molar-refractivity contribution in [3.05, 3.63) is 40.7 Å². The number of nitrogens with zero attached hydrogens (tertiary/aromatic N) is 3. The van der Waals surface area contributed by atoms with Crippen molar-refractivity contribution in [3.63, 3.8) is 0 Å². The van der Waals surface area contributed by atoms with Crippen LogP contribution in [0.2, 0.25) is 5.28 Å². The van der Waals surface area contributed by atoms with E-state index in [-0.39, 0.29) is 11.1 Å². The number of fused-ring (bicyclic) bond motifs is 1. The Morgan fingerprint density at radius 2 is 2.04 bits per heavy atom. The number of aromatic nitrogens is 2. The van der Waals surface area contributed by atoms with Crippen molar-refractivity contribution in [1.29, 1.82) is 0 Å². The van der Waals surface area contributed by atoms with Crippen LogP contribution >= 0.6 is 22.9 Å². The summed E-state index contributed by atoms with van der Waals surface area (Å²) < 4.78 is 13.3. The third kappa shape index (κ3) is 3.11. The molecule has 1 aliphatic heterocycles. The first-order valence-corrected chi connectivity index (χ1v) is 9.90. The number of piperidine rings is 1. The molecule has 1 atom stereocenters. The zero-order chi connectivity index (χ0) is 17.4. The van der Waals surface area contributed by atoms with Crippen molar-refractivity contribution in [3.8, 4) is 11.1 Å². The standard InChI is InChI=1S/C19H19ClFN3S/c1-2-14-5-3-4-10-24(14)17-16-15(12-6-8-13(21)9-7-12)11-25-18(16)23-19(20)22-17/h6-9,11,14H,2-5,10H2,1H3. The van der Waals surface area contributed by atoms with E-state index < -0.39 is 0 Å². The van der Waals surface area contributed by atoms with Gasteiger partial charge in [-0.1, -0.05) is 19.1 Å². The van der Waals surface area contributed by atoms with Crippen molar-refractivity contribution in [2.45, 2.75) is 38.6 Å². The van der Waals surface area contributed by atoms with Gasteiger partial charge in [-0.05, 0) is 55.0 Å². The monoisotopic (exact) mass is 375 g/mol. The molecule has 1 unspecified atom stereocenters. The Balaban J connectivity index is 1.90. The topological polar surface area (TPSA) is 29.0 Å². The number of hydrogen-bond donors (Lipinski definition) is 0. The van der Waals surface area contributed by atoms with E-state index in [1.165, 1.54) is 25.0 Å². The van der Waals surface area contributed by atoms with Gasteiger partial charge in [-0.15, -0.1) is 11.3 Å². The van der Waals surface area contributed by atoms with Gasteiger partial charge in [0.15, 0.2) is 0 Å². The van der Waals surface area contributed by atoms with E-state index >= 15 is 0 Å². The van der Waals surface area contributed by atoms with Crippen LogP contribution in [0.15, 0.2) is 29.6 Å². The van der Waals surface area contributed by atoms with E-state index in [1.54, 1.807) is 11.3 Å². The van der Waals surface area contributed by atoms with Gasteiger partial charge in [0.05, 0.1) is 5.39 Å². The van der Waals surface area contributed by atoms with Crippen LogP contribution in [-0.2, 0) is 0 Å². The minimum absolute atomic E-state index is 0.232. The number of hydrogen-bond acceptors (Lipinski definition) is 4. The lowest BCUT2D eigenvalue weighted by Gasteiger charge is -2.36. The lowest BCUT2D eigenvalue weighted by molar-refractivity contribution is 0.448. The molecule has 0 saturated carbocycles. The molecule has 6 heteroatoms. The fraction of sp³-hybridized carbons (Fsp3) is 0.368. The van der Waals surface area contributed by atoms with Crippen molar-refractivity contribution in [2.75, 3.05) is 11.4 Å². The molecule has 1 saturated heterocycles. The summed E-state index contributed by atoms with van der Waals surface area (Å²) >= 11 is 7.78. The molecule has 0 spiro atoms. The number of halogens is 2. The van der Waals surface area contributed by atoms with Crippen LogP contribution < -0.4 is 4.90 Å². The highest BCUT2D eigenvalue weighted by molar-refractivity contribution is 7.17. The molecule has 0 radical (unpaired) electrons. The number of thiophene rings is 1. The molecule has 3 aromatic rings. The molecule has 0 amide bonds. The Kier molecular flexibility index (Phi) is 4.61. The van der Waals surface area contributed by atoms with Crippen LogP contribution in [0, 0.1) is 5.82 Å². The van der Waals surface area contributed by atoms with E-state index in [1.807, 2.05) is 12.1 Å². The third-order valence-electron chi connectivity index (χ3n) is 4.91. The van der Waals surface area contributed by atoms with E-state index in [4.69, 9.17) is 11.6 Å². The minimum atomic E-state index is -0.232. The quantitative estimate of drug-likeness (QED) is 0.532. The second kappa shape index (κ2) is 6.89. The van der Waals surface area contributed by atoms with Crippen molar-refractivity contribution >= 4 is 39.0 Å². The lowest BCUT2D eigenvalue weighted by Crippen LogP contribution is -2.39. The zero-order valence-electron chi connectivity index (χ0n) is 14.0. The smallest absolute Gasteiger partial charge is 0.225 e. The first-order valence-electron chi connectivity index (χ1n) is 8.64. The van der Waals surface area contributed by atoms with Gasteiger partial charge in [0.25, 0.3) is 0 Å². The maximum absolute atomic E-state index is 13.3. The van der Waals surface area contributed by atoms with Crippen LogP contribution in [0.25, 0.3) is 21.3 Å². The highest BCUT2D eigenvalue weighted by atomic mass is 35.5. The third-order valence-corrected chi connectivity index (χ3v) is 5.95. The van der Waals surface area contributed by atoms with Crippen LogP contribution in [0.1, 0.15) is 32.6 Å². The molecule has 4 rings (SSSR count). The van der Waals surface area contributed by atoms with Crippen LogP contribution in [0.3, 0.4) is 0 Å². The molecule has 3 nitrogen and oxygen atoms in total. The fourth-order valence-electron chi connectivity index (χ4n) is 3.65. The first-order chi connectivity index (χ1) is 12.2. The summed E-state index contributed by atoms with van der Waals surface area (Å²) in [6.07, 6.45) is 4.68. The molecule has 25 heavy (non-hydrogen) atoms. The van der Waals surface area contributed by atoms with Crippen LogP contribution in [0.5, 0.6) is 0 Å².